The molecule has 5 aromatic rings. The molecule has 0 bridgehead atoms. The third-order valence-electron chi connectivity index (χ3n) is 6.68. The Morgan fingerprint density at radius 3 is 2.54 bits per heavy atom. The molecule has 0 aliphatic heterocycles. The fourth-order valence-corrected chi connectivity index (χ4v) is 4.49. The van der Waals surface area contributed by atoms with Crippen molar-refractivity contribution in [2.24, 2.45) is 0 Å². The van der Waals surface area contributed by atoms with Crippen LogP contribution in [0.5, 0.6) is 0 Å². The monoisotopic (exact) mass is 549 g/mol. The SMILES string of the molecule is Cc1ccc(C(=O)Nc2cccc(NCCO)c2)cc1Nc1ncnn2cc(C(=O)NCc3ccccc3)c(C)c12. The number of aryl methyl sites for hydroxylation is 2. The molecule has 0 radical (unpaired) electrons. The highest BCUT2D eigenvalue weighted by Gasteiger charge is 2.19. The molecule has 41 heavy (non-hydrogen) atoms. The first-order valence-electron chi connectivity index (χ1n) is 13.2. The molecule has 3 aromatic carbocycles. The van der Waals surface area contributed by atoms with E-state index in [4.69, 9.17) is 5.11 Å². The molecular weight excluding hydrogens is 518 g/mol. The lowest BCUT2D eigenvalue weighted by Gasteiger charge is -2.13. The summed E-state index contributed by atoms with van der Waals surface area (Å²) in [5.74, 6) is 0.0487. The highest BCUT2D eigenvalue weighted by molar-refractivity contribution is 6.05. The van der Waals surface area contributed by atoms with Crippen LogP contribution in [-0.2, 0) is 6.54 Å². The maximum atomic E-state index is 13.1. The van der Waals surface area contributed by atoms with Crippen molar-refractivity contribution in [1.82, 2.24) is 19.9 Å². The number of aliphatic hydroxyl groups is 1. The lowest BCUT2D eigenvalue weighted by molar-refractivity contribution is 0.0949. The molecule has 0 fully saturated rings. The van der Waals surface area contributed by atoms with Crippen LogP contribution in [0.2, 0.25) is 0 Å². The van der Waals surface area contributed by atoms with E-state index in [9.17, 15) is 9.59 Å². The summed E-state index contributed by atoms with van der Waals surface area (Å²) in [5.41, 5.74) is 6.42. The van der Waals surface area contributed by atoms with Crippen LogP contribution < -0.4 is 21.3 Å². The average molecular weight is 550 g/mol. The maximum Gasteiger partial charge on any atom is 0.255 e. The first kappa shape index (κ1) is 27.4. The smallest absolute Gasteiger partial charge is 0.255 e. The number of aromatic nitrogens is 3. The number of rotatable bonds is 10. The molecule has 0 atom stereocenters. The average Bonchev–Trinajstić information content (AvgIpc) is 3.33. The predicted molar refractivity (Wildman–Crippen MR) is 160 cm³/mol. The number of hydrogen-bond acceptors (Lipinski definition) is 7. The maximum absolute atomic E-state index is 13.1. The zero-order valence-electron chi connectivity index (χ0n) is 22.8. The van der Waals surface area contributed by atoms with E-state index in [1.54, 1.807) is 28.9 Å². The Balaban J connectivity index is 1.35. The lowest BCUT2D eigenvalue weighted by Crippen LogP contribution is -2.22. The van der Waals surface area contributed by atoms with Crippen molar-refractivity contribution < 1.29 is 14.7 Å². The fourth-order valence-electron chi connectivity index (χ4n) is 4.49. The molecule has 5 N–H and O–H groups in total. The number of hydrogen-bond donors (Lipinski definition) is 5. The van der Waals surface area contributed by atoms with Crippen molar-refractivity contribution in [2.45, 2.75) is 20.4 Å². The van der Waals surface area contributed by atoms with Gasteiger partial charge in [-0.3, -0.25) is 9.59 Å². The van der Waals surface area contributed by atoms with Crippen LogP contribution in [0.1, 0.15) is 37.4 Å². The minimum atomic E-state index is -0.267. The molecular formula is C31H31N7O3. The standard InChI is InChI=1S/C31H31N7O3/c1-20-11-12-23(30(40)36-25-10-6-9-24(16-25)32-13-14-39)15-27(20)37-29-28-21(2)26(18-38(28)35-19-34-29)31(41)33-17-22-7-4-3-5-8-22/h3-12,15-16,18-19,32,39H,13-14,17H2,1-2H3,(H,33,41)(H,36,40)(H,34,35,37). The summed E-state index contributed by atoms with van der Waals surface area (Å²) >= 11 is 0. The minimum Gasteiger partial charge on any atom is -0.395 e. The number of benzene rings is 3. The highest BCUT2D eigenvalue weighted by Crippen LogP contribution is 2.28. The summed E-state index contributed by atoms with van der Waals surface area (Å²) in [6.07, 6.45) is 3.11. The Morgan fingerprint density at radius 1 is 0.927 bits per heavy atom. The molecule has 2 aromatic heterocycles. The van der Waals surface area contributed by atoms with Crippen LogP contribution in [0, 0.1) is 13.8 Å². The number of anilines is 4. The van der Waals surface area contributed by atoms with Gasteiger partial charge in [-0.05, 0) is 60.9 Å². The molecule has 0 saturated heterocycles. The molecule has 2 heterocycles. The first-order valence-corrected chi connectivity index (χ1v) is 13.2. The van der Waals surface area contributed by atoms with E-state index in [0.29, 0.717) is 46.9 Å². The molecule has 208 valence electrons. The van der Waals surface area contributed by atoms with E-state index in [1.165, 1.54) is 6.33 Å². The highest BCUT2D eigenvalue weighted by atomic mass is 16.3. The lowest BCUT2D eigenvalue weighted by atomic mass is 10.1. The van der Waals surface area contributed by atoms with Crippen LogP contribution in [-0.4, -0.2) is 44.7 Å². The largest absolute Gasteiger partial charge is 0.395 e. The van der Waals surface area contributed by atoms with E-state index in [2.05, 4.69) is 31.3 Å². The van der Waals surface area contributed by atoms with Gasteiger partial charge in [-0.1, -0.05) is 42.5 Å². The van der Waals surface area contributed by atoms with Crippen LogP contribution in [0.15, 0.2) is 85.3 Å². The number of carbonyl (C=O) groups is 2. The summed E-state index contributed by atoms with van der Waals surface area (Å²) in [6, 6.07) is 22.4. The summed E-state index contributed by atoms with van der Waals surface area (Å²) in [6.45, 7) is 4.65. The van der Waals surface area contributed by atoms with Gasteiger partial charge in [0.25, 0.3) is 11.8 Å². The van der Waals surface area contributed by atoms with E-state index in [1.807, 2.05) is 68.4 Å². The number of amides is 2. The van der Waals surface area contributed by atoms with Crippen molar-refractivity contribution in [3.63, 3.8) is 0 Å². The Kier molecular flexibility index (Phi) is 8.21. The minimum absolute atomic E-state index is 0.0138. The number of nitrogens with zero attached hydrogens (tertiary/aromatic N) is 3. The van der Waals surface area contributed by atoms with Gasteiger partial charge >= 0.3 is 0 Å². The second-order valence-corrected chi connectivity index (χ2v) is 9.58. The van der Waals surface area contributed by atoms with Crippen LogP contribution in [0.3, 0.4) is 0 Å². The van der Waals surface area contributed by atoms with Crippen LogP contribution >= 0.6 is 0 Å². The summed E-state index contributed by atoms with van der Waals surface area (Å²) in [5, 5.41) is 25.7. The Bertz CT molecular complexity index is 1700. The van der Waals surface area contributed by atoms with Gasteiger partial charge in [0.05, 0.1) is 12.2 Å². The third-order valence-corrected chi connectivity index (χ3v) is 6.68. The first-order chi connectivity index (χ1) is 19.9. The van der Waals surface area contributed by atoms with E-state index in [0.717, 1.165) is 22.4 Å². The summed E-state index contributed by atoms with van der Waals surface area (Å²) in [4.78, 5) is 30.6. The zero-order valence-corrected chi connectivity index (χ0v) is 22.8. The van der Waals surface area contributed by atoms with Crippen molar-refractivity contribution in [3.05, 3.63) is 113 Å². The quantitative estimate of drug-likeness (QED) is 0.171. The molecule has 0 aliphatic rings. The normalized spacial score (nSPS) is 10.8. The molecule has 0 saturated carbocycles. The Hall–Kier alpha value is -5.22. The van der Waals surface area contributed by atoms with E-state index < -0.39 is 0 Å². The van der Waals surface area contributed by atoms with Gasteiger partial charge in [0.15, 0.2) is 5.82 Å². The van der Waals surface area contributed by atoms with Gasteiger partial charge in [-0.2, -0.15) is 5.10 Å². The van der Waals surface area contributed by atoms with Crippen LogP contribution in [0.4, 0.5) is 22.9 Å². The molecule has 10 heteroatoms. The molecule has 5 rings (SSSR count). The molecule has 10 nitrogen and oxygen atoms in total. The van der Waals surface area contributed by atoms with Gasteiger partial charge in [0.2, 0.25) is 0 Å². The molecule has 0 unspecified atom stereocenters. The van der Waals surface area contributed by atoms with Gasteiger partial charge in [-0.25, -0.2) is 9.50 Å². The van der Waals surface area contributed by atoms with Gasteiger partial charge < -0.3 is 26.4 Å². The second kappa shape index (κ2) is 12.3. The Labute approximate surface area is 237 Å². The van der Waals surface area contributed by atoms with Crippen molar-refractivity contribution >= 4 is 40.2 Å². The van der Waals surface area contributed by atoms with Crippen molar-refractivity contribution in [3.8, 4) is 0 Å². The fraction of sp³-hybridized carbons (Fsp3) is 0.161. The van der Waals surface area contributed by atoms with Gasteiger partial charge in [0, 0.05) is 41.9 Å². The Morgan fingerprint density at radius 2 is 1.73 bits per heavy atom. The number of fused-ring (bicyclic) bond motifs is 1. The second-order valence-electron chi connectivity index (χ2n) is 9.58. The number of nitrogens with one attached hydrogen (secondary N) is 4. The molecule has 0 spiro atoms. The topological polar surface area (TPSA) is 133 Å². The predicted octanol–water partition coefficient (Wildman–Crippen LogP) is 4.68. The van der Waals surface area contributed by atoms with Gasteiger partial charge in [0.1, 0.15) is 11.8 Å². The van der Waals surface area contributed by atoms with Gasteiger partial charge in [-0.15, -0.1) is 0 Å². The third kappa shape index (κ3) is 6.34. The number of aliphatic hydroxyl groups excluding tert-OH is 1. The summed E-state index contributed by atoms with van der Waals surface area (Å²) < 4.78 is 1.63. The van der Waals surface area contributed by atoms with E-state index in [-0.39, 0.29) is 18.4 Å². The van der Waals surface area contributed by atoms with E-state index >= 15 is 0 Å². The zero-order chi connectivity index (χ0) is 28.8. The van der Waals surface area contributed by atoms with Crippen molar-refractivity contribution in [1.29, 1.82) is 0 Å². The molecule has 0 aliphatic carbocycles. The van der Waals surface area contributed by atoms with Crippen LogP contribution in [0.25, 0.3) is 5.52 Å². The van der Waals surface area contributed by atoms with Crippen molar-refractivity contribution in [2.75, 3.05) is 29.1 Å². The molecule has 2 amide bonds. The summed E-state index contributed by atoms with van der Waals surface area (Å²) in [7, 11) is 0. The number of carbonyl (C=O) groups excluding carboxylic acids is 2.